The molecule has 3 N–H and O–H groups in total. The number of guanidine groups is 1. The number of thiophene rings is 1. The fourth-order valence-corrected chi connectivity index (χ4v) is 3.82. The van der Waals surface area contributed by atoms with Gasteiger partial charge in [-0.25, -0.2) is 18.1 Å². The van der Waals surface area contributed by atoms with Gasteiger partial charge in [0.2, 0.25) is 10.0 Å². The summed E-state index contributed by atoms with van der Waals surface area (Å²) in [7, 11) is -3.42. The molecule has 0 aromatic carbocycles. The summed E-state index contributed by atoms with van der Waals surface area (Å²) in [5.41, 5.74) is 0. The van der Waals surface area contributed by atoms with Crippen LogP contribution in [0.1, 0.15) is 12.7 Å². The van der Waals surface area contributed by atoms with Gasteiger partial charge in [-0.3, -0.25) is 0 Å². The average Bonchev–Trinajstić information content (AvgIpc) is 3.22. The fourth-order valence-electron chi connectivity index (χ4n) is 1.76. The van der Waals surface area contributed by atoms with Crippen molar-refractivity contribution in [3.63, 3.8) is 0 Å². The summed E-state index contributed by atoms with van der Waals surface area (Å²) < 4.78 is 32.0. The Kier molecular flexibility index (Phi) is 9.33. The van der Waals surface area contributed by atoms with E-state index < -0.39 is 10.0 Å². The largest absolute Gasteiger partial charge is 0.467 e. The van der Waals surface area contributed by atoms with Gasteiger partial charge in [0.25, 0.3) is 0 Å². The average molecular weight is 484 g/mol. The zero-order chi connectivity index (χ0) is 16.5. The minimum Gasteiger partial charge on any atom is -0.467 e. The topological polar surface area (TPSA) is 95.7 Å². The van der Waals surface area contributed by atoms with Gasteiger partial charge in [-0.05, 0) is 30.5 Å². The molecule has 0 aliphatic heterocycles. The van der Waals surface area contributed by atoms with Gasteiger partial charge in [0.1, 0.15) is 16.5 Å². The van der Waals surface area contributed by atoms with Crippen LogP contribution in [0.5, 0.6) is 0 Å². The van der Waals surface area contributed by atoms with Gasteiger partial charge in [-0.15, -0.1) is 35.3 Å². The molecule has 0 unspecified atom stereocenters. The normalized spacial score (nSPS) is 11.8. The first-order valence-electron chi connectivity index (χ1n) is 7.19. The Morgan fingerprint density at radius 3 is 2.71 bits per heavy atom. The Morgan fingerprint density at radius 2 is 2.08 bits per heavy atom. The van der Waals surface area contributed by atoms with Gasteiger partial charge in [0.05, 0.1) is 6.26 Å². The van der Waals surface area contributed by atoms with Crippen molar-refractivity contribution >= 4 is 51.3 Å². The summed E-state index contributed by atoms with van der Waals surface area (Å²) in [5, 5.41) is 7.90. The monoisotopic (exact) mass is 484 g/mol. The molecule has 0 atom stereocenters. The van der Waals surface area contributed by atoms with Crippen molar-refractivity contribution in [3.05, 3.63) is 41.7 Å². The number of furan rings is 1. The van der Waals surface area contributed by atoms with Crippen LogP contribution in [0.3, 0.4) is 0 Å². The molecule has 2 heterocycles. The van der Waals surface area contributed by atoms with E-state index in [-0.39, 0.29) is 30.5 Å². The molecule has 10 heteroatoms. The van der Waals surface area contributed by atoms with E-state index in [9.17, 15) is 8.42 Å². The van der Waals surface area contributed by atoms with E-state index in [0.717, 1.165) is 5.76 Å². The molecule has 24 heavy (non-hydrogen) atoms. The van der Waals surface area contributed by atoms with Gasteiger partial charge in [-0.1, -0.05) is 6.07 Å². The van der Waals surface area contributed by atoms with Crippen molar-refractivity contribution in [1.29, 1.82) is 0 Å². The van der Waals surface area contributed by atoms with Gasteiger partial charge in [-0.2, -0.15) is 0 Å². The van der Waals surface area contributed by atoms with Gasteiger partial charge in [0.15, 0.2) is 5.96 Å². The molecule has 0 aliphatic rings. The van der Waals surface area contributed by atoms with E-state index in [1.54, 1.807) is 23.8 Å². The second kappa shape index (κ2) is 10.7. The molecule has 0 spiro atoms. The molecule has 2 aromatic heterocycles. The van der Waals surface area contributed by atoms with E-state index in [4.69, 9.17) is 4.42 Å². The van der Waals surface area contributed by atoms with Gasteiger partial charge < -0.3 is 15.1 Å². The van der Waals surface area contributed by atoms with Crippen molar-refractivity contribution in [2.45, 2.75) is 17.7 Å². The van der Waals surface area contributed by atoms with Crippen molar-refractivity contribution in [1.82, 2.24) is 15.4 Å². The fraction of sp³-hybridized carbons (Fsp3) is 0.357. The molecule has 0 saturated heterocycles. The second-order valence-corrected chi connectivity index (χ2v) is 7.47. The Balaban J connectivity index is 0.00000288. The molecule has 0 bridgehead atoms. The molecular formula is C14H21IN4O3S2. The summed E-state index contributed by atoms with van der Waals surface area (Å²) in [6.45, 7) is 3.79. The van der Waals surface area contributed by atoms with E-state index >= 15 is 0 Å². The summed E-state index contributed by atoms with van der Waals surface area (Å²) in [6.07, 6.45) is 1.60. The third kappa shape index (κ3) is 6.79. The third-order valence-corrected chi connectivity index (χ3v) is 5.65. The highest BCUT2D eigenvalue weighted by molar-refractivity contribution is 14.0. The molecule has 7 nitrogen and oxygen atoms in total. The SMILES string of the molecule is CCNC(=NCc1ccco1)NCCNS(=O)(=O)c1cccs1.I. The Bertz CT molecular complexity index is 700. The Morgan fingerprint density at radius 1 is 1.25 bits per heavy atom. The van der Waals surface area contributed by atoms with E-state index in [1.807, 2.05) is 19.1 Å². The highest BCUT2D eigenvalue weighted by Crippen LogP contribution is 2.14. The number of nitrogens with one attached hydrogen (secondary N) is 3. The number of hydrogen-bond acceptors (Lipinski definition) is 5. The maximum Gasteiger partial charge on any atom is 0.250 e. The molecular weight excluding hydrogens is 463 g/mol. The molecule has 0 fully saturated rings. The summed E-state index contributed by atoms with van der Waals surface area (Å²) in [5.74, 6) is 1.37. The number of aliphatic imine (C=N–C) groups is 1. The minimum atomic E-state index is -3.42. The van der Waals surface area contributed by atoms with Crippen LogP contribution in [0.4, 0.5) is 0 Å². The lowest BCUT2D eigenvalue weighted by Crippen LogP contribution is -2.41. The molecule has 0 aliphatic carbocycles. The summed E-state index contributed by atoms with van der Waals surface area (Å²) >= 11 is 1.19. The Hall–Kier alpha value is -1.11. The van der Waals surface area contributed by atoms with E-state index in [0.29, 0.717) is 29.8 Å². The van der Waals surface area contributed by atoms with Crippen LogP contribution in [-0.2, 0) is 16.6 Å². The smallest absolute Gasteiger partial charge is 0.250 e. The highest BCUT2D eigenvalue weighted by Gasteiger charge is 2.13. The summed E-state index contributed by atoms with van der Waals surface area (Å²) in [4.78, 5) is 4.37. The molecule has 0 saturated carbocycles. The number of nitrogens with zero attached hydrogens (tertiary/aromatic N) is 1. The standard InChI is InChI=1S/C14H20N4O3S2.HI/c1-2-15-14(17-11-12-5-3-9-21-12)16-7-8-18-23(19,20)13-6-4-10-22-13;/h3-6,9-10,18H,2,7-8,11H2,1H3,(H2,15,16,17);1H. The predicted octanol–water partition coefficient (Wildman–Crippen LogP) is 1.99. The predicted molar refractivity (Wildman–Crippen MR) is 106 cm³/mol. The number of sulfonamides is 1. The van der Waals surface area contributed by atoms with Crippen LogP contribution < -0.4 is 15.4 Å². The zero-order valence-corrected chi connectivity index (χ0v) is 17.2. The van der Waals surface area contributed by atoms with Crippen LogP contribution in [0, 0.1) is 0 Å². The van der Waals surface area contributed by atoms with E-state index in [2.05, 4.69) is 20.3 Å². The lowest BCUT2D eigenvalue weighted by atomic mass is 10.4. The van der Waals surface area contributed by atoms with Crippen LogP contribution in [-0.4, -0.2) is 34.0 Å². The first-order valence-corrected chi connectivity index (χ1v) is 9.56. The number of hydrogen-bond donors (Lipinski definition) is 3. The maximum atomic E-state index is 12.0. The van der Waals surface area contributed by atoms with Crippen molar-refractivity contribution in [2.24, 2.45) is 4.99 Å². The maximum absolute atomic E-state index is 12.0. The quantitative estimate of drug-likeness (QED) is 0.231. The van der Waals surface area contributed by atoms with Gasteiger partial charge >= 0.3 is 0 Å². The molecule has 134 valence electrons. The lowest BCUT2D eigenvalue weighted by molar-refractivity contribution is 0.512. The Labute approximate surface area is 163 Å². The first kappa shape index (κ1) is 20.9. The minimum absolute atomic E-state index is 0. The van der Waals surface area contributed by atoms with Crippen LogP contribution in [0.25, 0.3) is 0 Å². The second-order valence-electron chi connectivity index (χ2n) is 4.53. The number of rotatable bonds is 8. The summed E-state index contributed by atoms with van der Waals surface area (Å²) in [6, 6.07) is 6.95. The first-order chi connectivity index (χ1) is 11.1. The van der Waals surface area contributed by atoms with Crippen LogP contribution in [0.15, 0.2) is 49.5 Å². The number of halogens is 1. The molecule has 2 rings (SSSR count). The lowest BCUT2D eigenvalue weighted by Gasteiger charge is -2.11. The molecule has 0 radical (unpaired) electrons. The van der Waals surface area contributed by atoms with E-state index in [1.165, 1.54) is 11.3 Å². The van der Waals surface area contributed by atoms with Gasteiger partial charge in [0, 0.05) is 19.6 Å². The highest BCUT2D eigenvalue weighted by atomic mass is 127. The van der Waals surface area contributed by atoms with Crippen LogP contribution in [0.2, 0.25) is 0 Å². The zero-order valence-electron chi connectivity index (χ0n) is 13.2. The van der Waals surface area contributed by atoms with Crippen molar-refractivity contribution in [2.75, 3.05) is 19.6 Å². The van der Waals surface area contributed by atoms with Crippen LogP contribution >= 0.6 is 35.3 Å². The van der Waals surface area contributed by atoms with Crippen molar-refractivity contribution in [3.8, 4) is 0 Å². The molecule has 2 aromatic rings. The van der Waals surface area contributed by atoms with Crippen molar-refractivity contribution < 1.29 is 12.8 Å². The third-order valence-electron chi connectivity index (χ3n) is 2.79. The molecule has 0 amide bonds.